The van der Waals surface area contributed by atoms with Gasteiger partial charge in [0.2, 0.25) is 17.7 Å². The summed E-state index contributed by atoms with van der Waals surface area (Å²) >= 11 is 1.41. The molecule has 8 N–H and O–H groups in total. The molecule has 0 heterocycles. The van der Waals surface area contributed by atoms with E-state index in [4.69, 9.17) is 21.1 Å². The first kappa shape index (κ1) is 31.1. The maximum Gasteiger partial charge on any atom is 0.326 e. The number of hydrogen-bond donors (Lipinski definition) is 7. The van der Waals surface area contributed by atoms with Crippen molar-refractivity contribution >= 4 is 47.4 Å². The molecule has 0 aromatic heterocycles. The first-order valence-electron chi connectivity index (χ1n) is 10.7. The SMILES string of the molecule is CCC(C)C(N)C(=O)NC(CCSC)C(=O)NC(CCC(=O)O)C(=O)NC(CC(=O)O)C(=O)O. The van der Waals surface area contributed by atoms with E-state index < -0.39 is 72.6 Å². The molecule has 0 aliphatic carbocycles. The van der Waals surface area contributed by atoms with Crippen molar-refractivity contribution in [2.75, 3.05) is 12.0 Å². The van der Waals surface area contributed by atoms with Crippen molar-refractivity contribution < 1.29 is 44.1 Å². The maximum absolute atomic E-state index is 12.9. The van der Waals surface area contributed by atoms with E-state index in [0.717, 1.165) is 0 Å². The second kappa shape index (κ2) is 15.9. The Morgan fingerprint density at radius 1 is 0.824 bits per heavy atom. The van der Waals surface area contributed by atoms with Crippen molar-refractivity contribution in [3.8, 4) is 0 Å². The molecule has 5 unspecified atom stereocenters. The predicted octanol–water partition coefficient (Wildman–Crippen LogP) is -1.01. The lowest BCUT2D eigenvalue weighted by atomic mass is 9.99. The highest BCUT2D eigenvalue weighted by molar-refractivity contribution is 7.98. The number of carbonyl (C=O) groups excluding carboxylic acids is 3. The fourth-order valence-electron chi connectivity index (χ4n) is 2.74. The summed E-state index contributed by atoms with van der Waals surface area (Å²) in [6, 6.07) is -5.21. The van der Waals surface area contributed by atoms with E-state index in [9.17, 15) is 28.8 Å². The number of rotatable bonds is 17. The van der Waals surface area contributed by atoms with Gasteiger partial charge in [-0.15, -0.1) is 0 Å². The Morgan fingerprint density at radius 3 is 1.76 bits per heavy atom. The van der Waals surface area contributed by atoms with Gasteiger partial charge < -0.3 is 37.0 Å². The molecule has 3 amide bonds. The number of carboxylic acids is 3. The maximum atomic E-state index is 12.9. The minimum absolute atomic E-state index is 0.152. The van der Waals surface area contributed by atoms with Crippen LogP contribution >= 0.6 is 11.8 Å². The number of carboxylic acid groups (broad SMARTS) is 3. The summed E-state index contributed by atoms with van der Waals surface area (Å²) in [6.07, 6.45) is 0.780. The van der Waals surface area contributed by atoms with Crippen LogP contribution in [0.1, 0.15) is 46.0 Å². The average Bonchev–Trinajstić information content (AvgIpc) is 2.76. The van der Waals surface area contributed by atoms with Gasteiger partial charge in [0.05, 0.1) is 12.5 Å². The molecule has 34 heavy (non-hydrogen) atoms. The summed E-state index contributed by atoms with van der Waals surface area (Å²) in [5.41, 5.74) is 5.92. The van der Waals surface area contributed by atoms with Gasteiger partial charge in [0.1, 0.15) is 18.1 Å². The Bertz CT molecular complexity index is 750. The van der Waals surface area contributed by atoms with E-state index in [2.05, 4.69) is 10.6 Å². The molecule has 0 rings (SSSR count). The third-order valence-electron chi connectivity index (χ3n) is 5.08. The lowest BCUT2D eigenvalue weighted by Gasteiger charge is -2.25. The van der Waals surface area contributed by atoms with Gasteiger partial charge in [-0.3, -0.25) is 24.0 Å². The number of thioether (sulfide) groups is 1. The quantitative estimate of drug-likeness (QED) is 0.126. The van der Waals surface area contributed by atoms with Crippen LogP contribution in [-0.2, 0) is 28.8 Å². The number of hydrogen-bond acceptors (Lipinski definition) is 8. The standard InChI is InChI=1S/C20H34N4O9S/c1-4-10(2)16(21)19(31)23-12(7-8-34-3)18(30)22-11(5-6-14(25)26)17(29)24-13(20(32)33)9-15(27)28/h10-13,16H,4-9,21H2,1-3H3,(H,22,30)(H,23,31)(H,24,29)(H,25,26)(H,27,28)(H,32,33). The summed E-state index contributed by atoms with van der Waals surface area (Å²) in [7, 11) is 0. The molecule has 5 atom stereocenters. The highest BCUT2D eigenvalue weighted by Crippen LogP contribution is 2.08. The number of nitrogens with two attached hydrogens (primary N) is 1. The van der Waals surface area contributed by atoms with Crippen LogP contribution in [0.3, 0.4) is 0 Å². The third kappa shape index (κ3) is 11.8. The van der Waals surface area contributed by atoms with Gasteiger partial charge in [-0.05, 0) is 30.8 Å². The van der Waals surface area contributed by atoms with Crippen LogP contribution in [0.2, 0.25) is 0 Å². The molecule has 0 aliphatic rings. The molecule has 0 aromatic rings. The lowest BCUT2D eigenvalue weighted by molar-refractivity contribution is -0.147. The summed E-state index contributed by atoms with van der Waals surface area (Å²) in [6.45, 7) is 3.64. The number of carbonyl (C=O) groups is 6. The topological polar surface area (TPSA) is 225 Å². The van der Waals surface area contributed by atoms with Crippen molar-refractivity contribution in [3.05, 3.63) is 0 Å². The molecule has 0 radical (unpaired) electrons. The van der Waals surface area contributed by atoms with Gasteiger partial charge in [0, 0.05) is 6.42 Å². The Hall–Kier alpha value is -2.87. The molecule has 0 fully saturated rings. The van der Waals surface area contributed by atoms with Gasteiger partial charge >= 0.3 is 17.9 Å². The molecule has 14 heteroatoms. The highest BCUT2D eigenvalue weighted by Gasteiger charge is 2.31. The van der Waals surface area contributed by atoms with Gasteiger partial charge in [-0.1, -0.05) is 20.3 Å². The predicted molar refractivity (Wildman–Crippen MR) is 123 cm³/mol. The second-order valence-corrected chi connectivity index (χ2v) is 8.73. The van der Waals surface area contributed by atoms with E-state index >= 15 is 0 Å². The molecule has 0 saturated carbocycles. The zero-order valence-electron chi connectivity index (χ0n) is 19.4. The molecular weight excluding hydrogens is 472 g/mol. The second-order valence-electron chi connectivity index (χ2n) is 7.74. The molecule has 0 aromatic carbocycles. The largest absolute Gasteiger partial charge is 0.481 e. The normalized spacial score (nSPS) is 15.2. The van der Waals surface area contributed by atoms with E-state index in [-0.39, 0.29) is 18.8 Å². The molecule has 0 aliphatic heterocycles. The molecule has 13 nitrogen and oxygen atoms in total. The Kier molecular flexibility index (Phi) is 14.5. The molecule has 0 bridgehead atoms. The average molecular weight is 507 g/mol. The van der Waals surface area contributed by atoms with Crippen LogP contribution in [0.5, 0.6) is 0 Å². The lowest BCUT2D eigenvalue weighted by Crippen LogP contribution is -2.57. The molecule has 0 spiro atoms. The fraction of sp³-hybridized carbons (Fsp3) is 0.700. The third-order valence-corrected chi connectivity index (χ3v) is 5.72. The number of amides is 3. The number of nitrogens with one attached hydrogen (secondary N) is 3. The van der Waals surface area contributed by atoms with Crippen LogP contribution in [0.25, 0.3) is 0 Å². The van der Waals surface area contributed by atoms with E-state index in [1.807, 2.05) is 12.2 Å². The van der Waals surface area contributed by atoms with Crippen LogP contribution < -0.4 is 21.7 Å². The van der Waals surface area contributed by atoms with Crippen LogP contribution in [0, 0.1) is 5.92 Å². The Balaban J connectivity index is 5.58. The summed E-state index contributed by atoms with van der Waals surface area (Å²) in [5.74, 6) is -6.43. The highest BCUT2D eigenvalue weighted by atomic mass is 32.2. The molecule has 194 valence electrons. The van der Waals surface area contributed by atoms with E-state index in [0.29, 0.717) is 12.2 Å². The van der Waals surface area contributed by atoms with Gasteiger partial charge in [0.15, 0.2) is 0 Å². The first-order valence-corrected chi connectivity index (χ1v) is 12.0. The van der Waals surface area contributed by atoms with E-state index in [1.165, 1.54) is 11.8 Å². The Labute approximate surface area is 201 Å². The summed E-state index contributed by atoms with van der Waals surface area (Å²) in [4.78, 5) is 71.1. The minimum atomic E-state index is -1.78. The molecule has 0 saturated heterocycles. The van der Waals surface area contributed by atoms with Crippen molar-refractivity contribution in [1.82, 2.24) is 16.0 Å². The number of aliphatic carboxylic acids is 3. The van der Waals surface area contributed by atoms with Crippen LogP contribution in [-0.4, -0.2) is 87.1 Å². The van der Waals surface area contributed by atoms with Crippen molar-refractivity contribution in [3.63, 3.8) is 0 Å². The smallest absolute Gasteiger partial charge is 0.326 e. The zero-order chi connectivity index (χ0) is 26.4. The van der Waals surface area contributed by atoms with Crippen molar-refractivity contribution in [2.24, 2.45) is 11.7 Å². The zero-order valence-corrected chi connectivity index (χ0v) is 20.2. The summed E-state index contributed by atoms with van der Waals surface area (Å²) in [5, 5.41) is 33.8. The monoisotopic (exact) mass is 506 g/mol. The van der Waals surface area contributed by atoms with Crippen molar-refractivity contribution in [2.45, 2.75) is 70.1 Å². The van der Waals surface area contributed by atoms with Gasteiger partial charge in [-0.2, -0.15) is 11.8 Å². The fourth-order valence-corrected chi connectivity index (χ4v) is 3.21. The summed E-state index contributed by atoms with van der Waals surface area (Å²) < 4.78 is 0. The minimum Gasteiger partial charge on any atom is -0.481 e. The van der Waals surface area contributed by atoms with Gasteiger partial charge in [0.25, 0.3) is 0 Å². The first-order chi connectivity index (χ1) is 15.8. The van der Waals surface area contributed by atoms with Gasteiger partial charge in [-0.25, -0.2) is 4.79 Å². The van der Waals surface area contributed by atoms with Crippen LogP contribution in [0.4, 0.5) is 0 Å². The van der Waals surface area contributed by atoms with Crippen LogP contribution in [0.15, 0.2) is 0 Å². The van der Waals surface area contributed by atoms with Crippen molar-refractivity contribution in [1.29, 1.82) is 0 Å². The Morgan fingerprint density at radius 2 is 1.32 bits per heavy atom. The molecular formula is C20H34N4O9S. The van der Waals surface area contributed by atoms with E-state index in [1.54, 1.807) is 13.2 Å².